The van der Waals surface area contributed by atoms with Gasteiger partial charge in [-0.15, -0.1) is 23.5 Å². The number of amides is 1. The summed E-state index contributed by atoms with van der Waals surface area (Å²) in [4.78, 5) is 15.4. The number of benzene rings is 1. The minimum absolute atomic E-state index is 0.0389. The second-order valence-corrected chi connectivity index (χ2v) is 12.6. The molecule has 2 saturated heterocycles. The van der Waals surface area contributed by atoms with Crippen molar-refractivity contribution in [3.8, 4) is 11.5 Å². The van der Waals surface area contributed by atoms with Gasteiger partial charge in [0.25, 0.3) is 0 Å². The van der Waals surface area contributed by atoms with Gasteiger partial charge in [0.05, 0.1) is 24.7 Å². The number of nitrogens with zero attached hydrogens (tertiary/aromatic N) is 1. The van der Waals surface area contributed by atoms with E-state index in [1.807, 2.05) is 23.1 Å². The number of carbonyl (C=O) groups excluding carboxylic acids is 1. The number of aliphatic hydroxyl groups is 1. The fourth-order valence-electron chi connectivity index (χ4n) is 6.45. The summed E-state index contributed by atoms with van der Waals surface area (Å²) >= 11 is 4.12. The van der Waals surface area contributed by atoms with Crippen LogP contribution >= 0.6 is 23.5 Å². The van der Waals surface area contributed by atoms with Crippen molar-refractivity contribution in [3.05, 3.63) is 35.9 Å². The minimum atomic E-state index is -1.04. The first-order valence-corrected chi connectivity index (χ1v) is 14.3. The molecule has 1 saturated carbocycles. The molecule has 1 aromatic carbocycles. The normalized spacial score (nSPS) is 33.1. The molecule has 2 heterocycles. The number of hydrogen-bond acceptors (Lipinski definition) is 6. The molecule has 3 fully saturated rings. The van der Waals surface area contributed by atoms with E-state index < -0.39 is 5.72 Å². The molecule has 180 valence electrons. The molecule has 7 heteroatoms. The summed E-state index contributed by atoms with van der Waals surface area (Å²) in [6, 6.07) is 5.90. The van der Waals surface area contributed by atoms with Crippen molar-refractivity contribution in [2.45, 2.75) is 48.8 Å². The number of methoxy groups -OCH3 is 2. The molecule has 0 unspecified atom stereocenters. The van der Waals surface area contributed by atoms with E-state index in [0.29, 0.717) is 47.3 Å². The first-order valence-electron chi connectivity index (χ1n) is 12.2. The molecule has 2 aliphatic heterocycles. The average Bonchev–Trinajstić information content (AvgIpc) is 3.51. The van der Waals surface area contributed by atoms with Crippen LogP contribution in [-0.4, -0.2) is 58.5 Å². The fourth-order valence-corrected chi connectivity index (χ4v) is 9.41. The summed E-state index contributed by atoms with van der Waals surface area (Å²) < 4.78 is 11.4. The summed E-state index contributed by atoms with van der Waals surface area (Å²) in [5.74, 6) is 4.67. The van der Waals surface area contributed by atoms with Crippen LogP contribution in [0.4, 0.5) is 0 Å². The molecule has 5 nitrogen and oxygen atoms in total. The van der Waals surface area contributed by atoms with Gasteiger partial charge < -0.3 is 19.5 Å². The lowest BCUT2D eigenvalue weighted by atomic mass is 9.78. The largest absolute Gasteiger partial charge is 0.493 e. The number of carbonyl (C=O) groups is 1. The predicted molar refractivity (Wildman–Crippen MR) is 135 cm³/mol. The van der Waals surface area contributed by atoms with E-state index in [1.165, 1.54) is 17.9 Å². The van der Waals surface area contributed by atoms with Gasteiger partial charge >= 0.3 is 0 Å². The highest BCUT2D eigenvalue weighted by Crippen LogP contribution is 2.59. The summed E-state index contributed by atoms with van der Waals surface area (Å²) in [5.41, 5.74) is 0.0444. The molecule has 2 aliphatic carbocycles. The minimum Gasteiger partial charge on any atom is -0.493 e. The zero-order chi connectivity index (χ0) is 23.0. The Balaban J connectivity index is 1.31. The highest BCUT2D eigenvalue weighted by atomic mass is 32.2. The van der Waals surface area contributed by atoms with Crippen molar-refractivity contribution in [1.82, 2.24) is 4.90 Å². The number of allylic oxidation sites excluding steroid dienone is 2. The highest BCUT2D eigenvalue weighted by molar-refractivity contribution is 8.17. The molecule has 1 amide bonds. The third-order valence-corrected chi connectivity index (χ3v) is 11.0. The summed E-state index contributed by atoms with van der Waals surface area (Å²) in [7, 11) is 3.27. The number of thioether (sulfide) groups is 2. The quantitative estimate of drug-likeness (QED) is 0.513. The van der Waals surface area contributed by atoms with Gasteiger partial charge in [-0.3, -0.25) is 4.79 Å². The molecule has 2 bridgehead atoms. The maximum Gasteiger partial charge on any atom is 0.229 e. The van der Waals surface area contributed by atoms with E-state index >= 15 is 0 Å². The van der Waals surface area contributed by atoms with E-state index in [9.17, 15) is 9.90 Å². The van der Waals surface area contributed by atoms with Crippen LogP contribution in [0, 0.1) is 23.7 Å². The van der Waals surface area contributed by atoms with Gasteiger partial charge in [0, 0.05) is 12.5 Å². The molecular weight excluding hydrogens is 454 g/mol. The Morgan fingerprint density at radius 2 is 1.88 bits per heavy atom. The molecule has 0 radical (unpaired) electrons. The van der Waals surface area contributed by atoms with Gasteiger partial charge in [-0.25, -0.2) is 0 Å². The van der Waals surface area contributed by atoms with Gasteiger partial charge in [-0.1, -0.05) is 18.2 Å². The van der Waals surface area contributed by atoms with Gasteiger partial charge in [0.1, 0.15) is 5.72 Å². The second kappa shape index (κ2) is 9.74. The molecule has 33 heavy (non-hydrogen) atoms. The van der Waals surface area contributed by atoms with Gasteiger partial charge in [0.15, 0.2) is 11.5 Å². The van der Waals surface area contributed by atoms with Crippen LogP contribution in [0.25, 0.3) is 0 Å². The fraction of sp³-hybridized carbons (Fsp3) is 0.654. The third-order valence-electron chi connectivity index (χ3n) is 7.96. The highest BCUT2D eigenvalue weighted by Gasteiger charge is 2.65. The lowest BCUT2D eigenvalue weighted by Crippen LogP contribution is -2.51. The standard InChI is InChI=1S/C26H35NO4S2/c1-30-20-9-6-17(15-21(20)31-2)10-12-27-25(28)23-18-7-8-19(16-18)24(23)26(27,29)11-3-5-22-32-13-4-14-33-22/h6-9,15,18-19,22-24,29H,3-5,10-14,16H2,1-2H3/t18-,19+,23-,24+,26-/m0/s1. The zero-order valence-electron chi connectivity index (χ0n) is 19.6. The van der Waals surface area contributed by atoms with E-state index in [1.54, 1.807) is 14.2 Å². The van der Waals surface area contributed by atoms with Crippen molar-refractivity contribution in [3.63, 3.8) is 0 Å². The van der Waals surface area contributed by atoms with Crippen molar-refractivity contribution in [2.24, 2.45) is 23.7 Å². The lowest BCUT2D eigenvalue weighted by Gasteiger charge is -2.40. The van der Waals surface area contributed by atoms with E-state index in [-0.39, 0.29) is 17.7 Å². The van der Waals surface area contributed by atoms with Crippen LogP contribution in [0.2, 0.25) is 0 Å². The average molecular weight is 490 g/mol. The summed E-state index contributed by atoms with van der Waals surface area (Å²) in [6.45, 7) is 0.532. The first kappa shape index (κ1) is 23.4. The van der Waals surface area contributed by atoms with E-state index in [4.69, 9.17) is 9.47 Å². The van der Waals surface area contributed by atoms with Crippen molar-refractivity contribution in [2.75, 3.05) is 32.3 Å². The number of ether oxygens (including phenoxy) is 2. The Hall–Kier alpha value is -1.31. The van der Waals surface area contributed by atoms with Gasteiger partial charge in [-0.05, 0) is 79.6 Å². The predicted octanol–water partition coefficient (Wildman–Crippen LogP) is 4.58. The van der Waals surface area contributed by atoms with Crippen molar-refractivity contribution in [1.29, 1.82) is 0 Å². The molecule has 0 aromatic heterocycles. The molecule has 0 spiro atoms. The van der Waals surface area contributed by atoms with Crippen LogP contribution in [0.5, 0.6) is 11.5 Å². The maximum atomic E-state index is 13.6. The Bertz CT molecular complexity index is 902. The van der Waals surface area contributed by atoms with Crippen molar-refractivity contribution < 1.29 is 19.4 Å². The van der Waals surface area contributed by atoms with Crippen LogP contribution < -0.4 is 9.47 Å². The number of hydrogen-bond donors (Lipinski definition) is 1. The van der Waals surface area contributed by atoms with E-state index in [2.05, 4.69) is 35.7 Å². The SMILES string of the molecule is COc1ccc(CCN2C(=O)[C@@H]3[C@@H]([C@@H]4C=C[C@H]3C4)[C@@]2(O)CCCC2SCCCS2)cc1OC. The molecule has 1 aromatic rings. The number of fused-ring (bicyclic) bond motifs is 5. The summed E-state index contributed by atoms with van der Waals surface area (Å²) in [6.07, 6.45) is 10.2. The first-order chi connectivity index (χ1) is 16.0. The second-order valence-electron chi connectivity index (χ2n) is 9.72. The van der Waals surface area contributed by atoms with Gasteiger partial charge in [0.2, 0.25) is 5.91 Å². The Kier molecular flexibility index (Phi) is 6.92. The van der Waals surface area contributed by atoms with Crippen LogP contribution in [0.3, 0.4) is 0 Å². The Morgan fingerprint density at radius 3 is 2.64 bits per heavy atom. The Labute approximate surface area is 205 Å². The molecule has 5 rings (SSSR count). The smallest absolute Gasteiger partial charge is 0.229 e. The molecule has 1 N–H and O–H groups in total. The van der Waals surface area contributed by atoms with Gasteiger partial charge in [-0.2, -0.15) is 0 Å². The molecule has 5 atom stereocenters. The maximum absolute atomic E-state index is 13.6. The summed E-state index contributed by atoms with van der Waals surface area (Å²) in [5, 5.41) is 12.1. The van der Waals surface area contributed by atoms with Crippen molar-refractivity contribution >= 4 is 29.4 Å². The monoisotopic (exact) mass is 489 g/mol. The van der Waals surface area contributed by atoms with Crippen LogP contribution in [-0.2, 0) is 11.2 Å². The topological polar surface area (TPSA) is 59.0 Å². The molecular formula is C26H35NO4S2. The third kappa shape index (κ3) is 4.30. The number of rotatable bonds is 9. The molecule has 4 aliphatic rings. The zero-order valence-corrected chi connectivity index (χ0v) is 21.2. The Morgan fingerprint density at radius 1 is 1.12 bits per heavy atom. The lowest BCUT2D eigenvalue weighted by molar-refractivity contribution is -0.155. The van der Waals surface area contributed by atoms with Crippen LogP contribution in [0.15, 0.2) is 30.4 Å². The van der Waals surface area contributed by atoms with Crippen LogP contribution in [0.1, 0.15) is 37.7 Å². The van der Waals surface area contributed by atoms with E-state index in [0.717, 1.165) is 24.8 Å². The number of likely N-dealkylation sites (tertiary alicyclic amines) is 1.